The summed E-state index contributed by atoms with van der Waals surface area (Å²) in [7, 11) is 0. The zero-order valence-electron chi connectivity index (χ0n) is 24.4. The van der Waals surface area contributed by atoms with Crippen molar-refractivity contribution < 1.29 is 13.9 Å². The Bertz CT molecular complexity index is 2050. The molecule has 3 N–H and O–H groups in total. The monoisotopic (exact) mass is 603 g/mol. The van der Waals surface area contributed by atoms with E-state index in [-0.39, 0.29) is 11.8 Å². The molecule has 1 amide bonds. The first-order valence-corrected chi connectivity index (χ1v) is 15.2. The molecule has 2 fully saturated rings. The van der Waals surface area contributed by atoms with Gasteiger partial charge in [-0.1, -0.05) is 0 Å². The second-order valence-corrected chi connectivity index (χ2v) is 11.6. The molecule has 0 spiro atoms. The SMILES string of the molecule is O=C(Nc1cncc(-c2ccc3[nH]nc(-c4nc5c(-c6cc(F)cc(OCCN7CCCC7)c6)cncc5[nH]4)c3n2)c1)C1CC1. The van der Waals surface area contributed by atoms with Crippen LogP contribution in [0.1, 0.15) is 25.7 Å². The summed E-state index contributed by atoms with van der Waals surface area (Å²) in [5, 5.41) is 10.5. The third kappa shape index (κ3) is 5.60. The number of halogens is 1. The molecular weight excluding hydrogens is 573 g/mol. The van der Waals surface area contributed by atoms with E-state index in [1.807, 2.05) is 24.3 Å². The molecule has 11 nitrogen and oxygen atoms in total. The number of benzene rings is 1. The predicted octanol–water partition coefficient (Wildman–Crippen LogP) is 5.59. The molecule has 6 heterocycles. The number of aromatic nitrogens is 7. The lowest BCUT2D eigenvalue weighted by Gasteiger charge is -2.15. The fourth-order valence-corrected chi connectivity index (χ4v) is 5.82. The third-order valence-electron chi connectivity index (χ3n) is 8.33. The fourth-order valence-electron chi connectivity index (χ4n) is 5.82. The van der Waals surface area contributed by atoms with Gasteiger partial charge in [0, 0.05) is 42.0 Å². The van der Waals surface area contributed by atoms with E-state index in [0.29, 0.717) is 62.9 Å². The molecule has 8 rings (SSSR count). The zero-order valence-corrected chi connectivity index (χ0v) is 24.4. The normalized spacial score (nSPS) is 15.2. The van der Waals surface area contributed by atoms with Gasteiger partial charge in [-0.05, 0) is 74.7 Å². The van der Waals surface area contributed by atoms with E-state index in [1.165, 1.54) is 25.0 Å². The number of anilines is 1. The van der Waals surface area contributed by atoms with Crippen LogP contribution < -0.4 is 10.1 Å². The number of amides is 1. The minimum absolute atomic E-state index is 0.0211. The van der Waals surface area contributed by atoms with Crippen LogP contribution in [0.3, 0.4) is 0 Å². The molecular formula is C33H30FN9O2. The molecule has 0 atom stereocenters. The minimum Gasteiger partial charge on any atom is -0.492 e. The maximum Gasteiger partial charge on any atom is 0.227 e. The Hall–Kier alpha value is -5.23. The standard InChI is InChI=1S/C33H30FN9O2/c34-22-11-20(13-24(14-22)45-10-9-43-7-1-2-8-43)25-17-36-18-28-29(25)40-32(39-28)31-30-27(41-42-31)6-5-26(38-30)21-12-23(16-35-15-21)37-33(44)19-3-4-19/h5-6,11-19H,1-4,7-10H2,(H,37,44)(H,39,40)(H,41,42). The van der Waals surface area contributed by atoms with Gasteiger partial charge in [0.25, 0.3) is 0 Å². The number of hydrogen-bond acceptors (Lipinski definition) is 8. The van der Waals surface area contributed by atoms with Gasteiger partial charge in [0.05, 0.1) is 40.3 Å². The number of fused-ring (bicyclic) bond motifs is 2. The summed E-state index contributed by atoms with van der Waals surface area (Å²) in [6, 6.07) is 10.3. The Morgan fingerprint density at radius 1 is 0.956 bits per heavy atom. The van der Waals surface area contributed by atoms with Crippen molar-refractivity contribution in [3.05, 3.63) is 67.0 Å². The number of likely N-dealkylation sites (tertiary alicyclic amines) is 1. The number of rotatable bonds is 9. The van der Waals surface area contributed by atoms with Crippen LogP contribution in [0.2, 0.25) is 0 Å². The van der Waals surface area contributed by atoms with Crippen LogP contribution in [0, 0.1) is 11.7 Å². The Morgan fingerprint density at radius 3 is 2.69 bits per heavy atom. The van der Waals surface area contributed by atoms with E-state index in [1.54, 1.807) is 24.8 Å². The van der Waals surface area contributed by atoms with Crippen LogP contribution >= 0.6 is 0 Å². The quantitative estimate of drug-likeness (QED) is 0.195. The van der Waals surface area contributed by atoms with Gasteiger partial charge in [-0.2, -0.15) is 5.10 Å². The van der Waals surface area contributed by atoms with Crippen molar-refractivity contribution in [2.75, 3.05) is 31.6 Å². The lowest BCUT2D eigenvalue weighted by molar-refractivity contribution is -0.117. The zero-order chi connectivity index (χ0) is 30.3. The number of hydrogen-bond donors (Lipinski definition) is 3. The van der Waals surface area contributed by atoms with E-state index in [4.69, 9.17) is 14.7 Å². The van der Waals surface area contributed by atoms with Gasteiger partial charge in [0.1, 0.15) is 23.7 Å². The topological polar surface area (TPSA) is 138 Å². The van der Waals surface area contributed by atoms with E-state index < -0.39 is 5.82 Å². The highest BCUT2D eigenvalue weighted by Crippen LogP contribution is 2.34. The van der Waals surface area contributed by atoms with Crippen LogP contribution in [0.4, 0.5) is 10.1 Å². The van der Waals surface area contributed by atoms with Crippen molar-refractivity contribution in [1.82, 2.24) is 40.0 Å². The summed E-state index contributed by atoms with van der Waals surface area (Å²) < 4.78 is 20.7. The highest BCUT2D eigenvalue weighted by molar-refractivity contribution is 5.96. The van der Waals surface area contributed by atoms with Crippen molar-refractivity contribution in [2.24, 2.45) is 5.92 Å². The van der Waals surface area contributed by atoms with Crippen LogP contribution in [0.15, 0.2) is 61.2 Å². The molecule has 226 valence electrons. The average Bonchev–Trinajstić information content (AvgIpc) is 3.40. The average molecular weight is 604 g/mol. The first-order chi connectivity index (χ1) is 22.1. The van der Waals surface area contributed by atoms with Gasteiger partial charge in [-0.15, -0.1) is 0 Å². The lowest BCUT2D eigenvalue weighted by Crippen LogP contribution is -2.25. The third-order valence-corrected chi connectivity index (χ3v) is 8.33. The molecule has 1 saturated carbocycles. The maximum atomic E-state index is 14.8. The Morgan fingerprint density at radius 2 is 1.82 bits per heavy atom. The van der Waals surface area contributed by atoms with Gasteiger partial charge < -0.3 is 15.0 Å². The van der Waals surface area contributed by atoms with Gasteiger partial charge in [0.2, 0.25) is 5.91 Å². The minimum atomic E-state index is -0.392. The molecule has 45 heavy (non-hydrogen) atoms. The number of nitrogens with one attached hydrogen (secondary N) is 3. The van der Waals surface area contributed by atoms with Gasteiger partial charge in [-0.25, -0.2) is 14.4 Å². The summed E-state index contributed by atoms with van der Waals surface area (Å²) in [5.74, 6) is 0.691. The first kappa shape index (κ1) is 27.3. The van der Waals surface area contributed by atoms with Crippen molar-refractivity contribution >= 4 is 33.7 Å². The van der Waals surface area contributed by atoms with Gasteiger partial charge >= 0.3 is 0 Å². The molecule has 5 aromatic heterocycles. The second kappa shape index (κ2) is 11.4. The van der Waals surface area contributed by atoms with Crippen LogP contribution in [0.5, 0.6) is 5.75 Å². The summed E-state index contributed by atoms with van der Waals surface area (Å²) in [6.45, 7) is 3.48. The molecule has 1 saturated heterocycles. The number of carbonyl (C=O) groups excluding carboxylic acids is 1. The molecule has 12 heteroatoms. The Kier molecular flexibility index (Phi) is 6.90. The number of nitrogens with zero attached hydrogens (tertiary/aromatic N) is 6. The number of ether oxygens (including phenoxy) is 1. The lowest BCUT2D eigenvalue weighted by atomic mass is 10.1. The van der Waals surface area contributed by atoms with Crippen LogP contribution in [-0.2, 0) is 4.79 Å². The summed E-state index contributed by atoms with van der Waals surface area (Å²) >= 11 is 0. The van der Waals surface area contributed by atoms with Gasteiger partial charge in [0.15, 0.2) is 11.5 Å². The van der Waals surface area contributed by atoms with Crippen LogP contribution in [-0.4, -0.2) is 72.2 Å². The van der Waals surface area contributed by atoms with E-state index >= 15 is 0 Å². The molecule has 2 aliphatic rings. The number of H-pyrrole nitrogens is 2. The van der Waals surface area contributed by atoms with Crippen molar-refractivity contribution in [3.8, 4) is 39.7 Å². The molecule has 1 aliphatic heterocycles. The molecule has 0 radical (unpaired) electrons. The predicted molar refractivity (Wildman–Crippen MR) is 168 cm³/mol. The summed E-state index contributed by atoms with van der Waals surface area (Å²) in [4.78, 5) is 36.4. The Labute approximate surface area is 257 Å². The first-order valence-electron chi connectivity index (χ1n) is 15.2. The van der Waals surface area contributed by atoms with Crippen LogP contribution in [0.25, 0.3) is 56.0 Å². The molecule has 1 aliphatic carbocycles. The number of imidazole rings is 1. The van der Waals surface area contributed by atoms with E-state index in [0.717, 1.165) is 43.6 Å². The fraction of sp³-hybridized carbons (Fsp3) is 0.273. The molecule has 1 aromatic carbocycles. The summed E-state index contributed by atoms with van der Waals surface area (Å²) in [5.41, 5.74) is 6.56. The molecule has 0 unspecified atom stereocenters. The van der Waals surface area contributed by atoms with E-state index in [9.17, 15) is 9.18 Å². The van der Waals surface area contributed by atoms with Crippen molar-refractivity contribution in [3.63, 3.8) is 0 Å². The largest absolute Gasteiger partial charge is 0.492 e. The summed E-state index contributed by atoms with van der Waals surface area (Å²) in [6.07, 6.45) is 11.0. The van der Waals surface area contributed by atoms with Gasteiger partial charge in [-0.3, -0.25) is 24.8 Å². The van der Waals surface area contributed by atoms with Crippen molar-refractivity contribution in [1.29, 1.82) is 0 Å². The highest BCUT2D eigenvalue weighted by Gasteiger charge is 2.29. The molecule has 0 bridgehead atoms. The number of aromatic amines is 2. The Balaban J connectivity index is 1.10. The smallest absolute Gasteiger partial charge is 0.227 e. The number of pyridine rings is 3. The van der Waals surface area contributed by atoms with Crippen molar-refractivity contribution in [2.45, 2.75) is 25.7 Å². The van der Waals surface area contributed by atoms with E-state index in [2.05, 4.69) is 35.4 Å². The molecule has 6 aromatic rings. The maximum absolute atomic E-state index is 14.8. The highest BCUT2D eigenvalue weighted by atomic mass is 19.1. The second-order valence-electron chi connectivity index (χ2n) is 11.6. The number of carbonyl (C=O) groups is 1.